The summed E-state index contributed by atoms with van der Waals surface area (Å²) >= 11 is 0. The molecule has 1 aromatic heterocycles. The van der Waals surface area contributed by atoms with Crippen LogP contribution in [-0.2, 0) is 22.1 Å². The SMILES string of the molecule is COC(=O)c1cc(C(C)(CN)OC)cn1C. The molecule has 0 aliphatic heterocycles. The Morgan fingerprint density at radius 3 is 2.62 bits per heavy atom. The molecule has 0 aromatic carbocycles. The van der Waals surface area contributed by atoms with E-state index in [4.69, 9.17) is 10.5 Å². The van der Waals surface area contributed by atoms with E-state index in [-0.39, 0.29) is 5.97 Å². The van der Waals surface area contributed by atoms with Gasteiger partial charge in [0.2, 0.25) is 0 Å². The van der Waals surface area contributed by atoms with Gasteiger partial charge < -0.3 is 19.8 Å². The molecule has 5 nitrogen and oxygen atoms in total. The molecule has 0 bridgehead atoms. The average molecular weight is 226 g/mol. The van der Waals surface area contributed by atoms with Crippen molar-refractivity contribution in [1.82, 2.24) is 4.57 Å². The van der Waals surface area contributed by atoms with Crippen molar-refractivity contribution in [3.63, 3.8) is 0 Å². The maximum atomic E-state index is 11.4. The molecule has 0 radical (unpaired) electrons. The smallest absolute Gasteiger partial charge is 0.354 e. The summed E-state index contributed by atoms with van der Waals surface area (Å²) in [6, 6.07) is 1.74. The molecule has 0 fully saturated rings. The van der Waals surface area contributed by atoms with Gasteiger partial charge in [0.15, 0.2) is 0 Å². The molecule has 0 saturated carbocycles. The number of hydrogen-bond acceptors (Lipinski definition) is 4. The second kappa shape index (κ2) is 4.67. The highest BCUT2D eigenvalue weighted by Gasteiger charge is 2.27. The van der Waals surface area contributed by atoms with Crippen LogP contribution in [0.2, 0.25) is 0 Å². The minimum Gasteiger partial charge on any atom is -0.464 e. The van der Waals surface area contributed by atoms with Crippen LogP contribution < -0.4 is 5.73 Å². The Morgan fingerprint density at radius 2 is 2.19 bits per heavy atom. The highest BCUT2D eigenvalue weighted by Crippen LogP contribution is 2.25. The summed E-state index contributed by atoms with van der Waals surface area (Å²) in [5.41, 5.74) is 6.43. The number of hydrogen-bond donors (Lipinski definition) is 1. The van der Waals surface area contributed by atoms with Crippen molar-refractivity contribution in [3.05, 3.63) is 23.5 Å². The summed E-state index contributed by atoms with van der Waals surface area (Å²) in [5.74, 6) is -0.371. The quantitative estimate of drug-likeness (QED) is 0.765. The summed E-state index contributed by atoms with van der Waals surface area (Å²) in [5, 5.41) is 0. The first-order valence-electron chi connectivity index (χ1n) is 4.99. The number of esters is 1. The zero-order valence-electron chi connectivity index (χ0n) is 10.1. The van der Waals surface area contributed by atoms with E-state index in [9.17, 15) is 4.79 Å². The summed E-state index contributed by atoms with van der Waals surface area (Å²) in [4.78, 5) is 11.4. The van der Waals surface area contributed by atoms with Crippen LogP contribution in [0, 0.1) is 0 Å². The van der Waals surface area contributed by atoms with E-state index in [1.807, 2.05) is 13.1 Å². The number of carbonyl (C=O) groups is 1. The minimum atomic E-state index is -0.579. The van der Waals surface area contributed by atoms with Gasteiger partial charge in [0.1, 0.15) is 11.3 Å². The van der Waals surface area contributed by atoms with Crippen molar-refractivity contribution in [2.45, 2.75) is 12.5 Å². The Hall–Kier alpha value is -1.33. The van der Waals surface area contributed by atoms with Crippen molar-refractivity contribution in [2.24, 2.45) is 12.8 Å². The van der Waals surface area contributed by atoms with Gasteiger partial charge in [-0.3, -0.25) is 0 Å². The summed E-state index contributed by atoms with van der Waals surface area (Å²) < 4.78 is 11.7. The van der Waals surface area contributed by atoms with Crippen molar-refractivity contribution in [1.29, 1.82) is 0 Å². The molecule has 90 valence electrons. The van der Waals surface area contributed by atoms with Crippen LogP contribution in [0.25, 0.3) is 0 Å². The number of carbonyl (C=O) groups excluding carboxylic acids is 1. The second-order valence-corrected chi connectivity index (χ2v) is 3.86. The lowest BCUT2D eigenvalue weighted by atomic mass is 9.99. The molecule has 16 heavy (non-hydrogen) atoms. The number of aromatic nitrogens is 1. The number of nitrogens with two attached hydrogens (primary N) is 1. The lowest BCUT2D eigenvalue weighted by Gasteiger charge is -2.25. The third-order valence-electron chi connectivity index (χ3n) is 2.85. The number of ether oxygens (including phenoxy) is 2. The van der Waals surface area contributed by atoms with E-state index in [0.717, 1.165) is 5.56 Å². The normalized spacial score (nSPS) is 14.6. The predicted octanol–water partition coefficient (Wildman–Crippen LogP) is 0.632. The van der Waals surface area contributed by atoms with Gasteiger partial charge in [0.25, 0.3) is 0 Å². The fourth-order valence-electron chi connectivity index (χ4n) is 1.48. The van der Waals surface area contributed by atoms with Crippen molar-refractivity contribution >= 4 is 5.97 Å². The molecule has 0 aliphatic rings. The standard InChI is InChI=1S/C11H18N2O3/c1-11(7-12,16-4)8-5-9(10(14)15-3)13(2)6-8/h5-6H,7,12H2,1-4H3. The Bertz CT molecular complexity index is 381. The zero-order valence-corrected chi connectivity index (χ0v) is 10.1. The van der Waals surface area contributed by atoms with E-state index in [0.29, 0.717) is 12.2 Å². The number of nitrogens with zero attached hydrogens (tertiary/aromatic N) is 1. The van der Waals surface area contributed by atoms with Crippen LogP contribution in [0.4, 0.5) is 0 Å². The lowest BCUT2D eigenvalue weighted by Crippen LogP contribution is -2.33. The molecule has 1 heterocycles. The molecule has 0 aliphatic carbocycles. The lowest BCUT2D eigenvalue weighted by molar-refractivity contribution is 0.0101. The van der Waals surface area contributed by atoms with Crippen LogP contribution in [-0.4, -0.2) is 31.3 Å². The Kier molecular flexibility index (Phi) is 3.72. The van der Waals surface area contributed by atoms with E-state index in [1.54, 1.807) is 24.8 Å². The van der Waals surface area contributed by atoms with Crippen molar-refractivity contribution in [3.8, 4) is 0 Å². The zero-order chi connectivity index (χ0) is 12.3. The molecule has 5 heteroatoms. The topological polar surface area (TPSA) is 66.5 Å². The first-order chi connectivity index (χ1) is 7.48. The van der Waals surface area contributed by atoms with Crippen LogP contribution >= 0.6 is 0 Å². The molecule has 0 saturated heterocycles. The van der Waals surface area contributed by atoms with E-state index in [2.05, 4.69) is 4.74 Å². The van der Waals surface area contributed by atoms with Gasteiger partial charge in [-0.05, 0) is 13.0 Å². The molecule has 1 unspecified atom stereocenters. The predicted molar refractivity (Wildman–Crippen MR) is 60.2 cm³/mol. The molecular formula is C11H18N2O3. The maximum Gasteiger partial charge on any atom is 0.354 e. The Labute approximate surface area is 95.1 Å². The van der Waals surface area contributed by atoms with Crippen LogP contribution in [0.5, 0.6) is 0 Å². The molecule has 1 aromatic rings. The number of rotatable bonds is 4. The summed E-state index contributed by atoms with van der Waals surface area (Å²) in [6.07, 6.45) is 1.82. The van der Waals surface area contributed by atoms with Crippen LogP contribution in [0.1, 0.15) is 23.0 Å². The Morgan fingerprint density at radius 1 is 1.56 bits per heavy atom. The van der Waals surface area contributed by atoms with E-state index in [1.165, 1.54) is 7.11 Å². The average Bonchev–Trinajstić information content (AvgIpc) is 2.69. The molecule has 2 N–H and O–H groups in total. The fourth-order valence-corrected chi connectivity index (χ4v) is 1.48. The monoisotopic (exact) mass is 226 g/mol. The van der Waals surface area contributed by atoms with Crippen LogP contribution in [0.15, 0.2) is 12.3 Å². The Balaban J connectivity index is 3.14. The van der Waals surface area contributed by atoms with E-state index < -0.39 is 5.60 Å². The van der Waals surface area contributed by atoms with Gasteiger partial charge in [0.05, 0.1) is 7.11 Å². The van der Waals surface area contributed by atoms with Crippen molar-refractivity contribution < 1.29 is 14.3 Å². The molecule has 1 atom stereocenters. The molecule has 1 rings (SSSR count). The summed E-state index contributed by atoms with van der Waals surface area (Å²) in [6.45, 7) is 2.22. The summed E-state index contributed by atoms with van der Waals surface area (Å²) in [7, 11) is 4.73. The van der Waals surface area contributed by atoms with E-state index >= 15 is 0 Å². The first-order valence-corrected chi connectivity index (χ1v) is 4.99. The van der Waals surface area contributed by atoms with Gasteiger partial charge in [-0.2, -0.15) is 0 Å². The van der Waals surface area contributed by atoms with Gasteiger partial charge in [-0.15, -0.1) is 0 Å². The largest absolute Gasteiger partial charge is 0.464 e. The fraction of sp³-hybridized carbons (Fsp3) is 0.545. The van der Waals surface area contributed by atoms with Gasteiger partial charge in [-0.1, -0.05) is 0 Å². The van der Waals surface area contributed by atoms with Gasteiger partial charge in [0, 0.05) is 32.5 Å². The van der Waals surface area contributed by atoms with Gasteiger partial charge in [-0.25, -0.2) is 4.79 Å². The maximum absolute atomic E-state index is 11.4. The highest BCUT2D eigenvalue weighted by atomic mass is 16.5. The van der Waals surface area contributed by atoms with Gasteiger partial charge >= 0.3 is 5.97 Å². The second-order valence-electron chi connectivity index (χ2n) is 3.86. The van der Waals surface area contributed by atoms with Crippen LogP contribution in [0.3, 0.4) is 0 Å². The number of methoxy groups -OCH3 is 2. The number of aryl methyl sites for hydroxylation is 1. The third-order valence-corrected chi connectivity index (χ3v) is 2.85. The molecule has 0 spiro atoms. The third kappa shape index (κ3) is 2.10. The minimum absolute atomic E-state index is 0.341. The first kappa shape index (κ1) is 12.7. The molecular weight excluding hydrogens is 208 g/mol. The van der Waals surface area contributed by atoms with Crippen molar-refractivity contribution in [2.75, 3.05) is 20.8 Å². The highest BCUT2D eigenvalue weighted by molar-refractivity contribution is 5.88. The molecule has 0 amide bonds.